The van der Waals surface area contributed by atoms with Crippen LogP contribution in [0, 0.1) is 0 Å². The van der Waals surface area contributed by atoms with Gasteiger partial charge in [-0.2, -0.15) is 0 Å². The van der Waals surface area contributed by atoms with Gasteiger partial charge < -0.3 is 15.2 Å². The number of fused-ring (bicyclic) bond motifs is 1. The maximum Gasteiger partial charge on any atom is 0.243 e. The zero-order valence-corrected chi connectivity index (χ0v) is 12.2. The van der Waals surface area contributed by atoms with E-state index in [9.17, 15) is 9.59 Å². The molecule has 2 unspecified atom stereocenters. The third-order valence-electron chi connectivity index (χ3n) is 3.96. The van der Waals surface area contributed by atoms with Gasteiger partial charge in [0.2, 0.25) is 11.8 Å². The Balaban J connectivity index is 1.56. The van der Waals surface area contributed by atoms with Crippen molar-refractivity contribution in [2.24, 2.45) is 0 Å². The molecule has 1 aromatic heterocycles. The molecule has 2 N–H and O–H groups in total. The first kappa shape index (κ1) is 13.5. The summed E-state index contributed by atoms with van der Waals surface area (Å²) < 4.78 is 0. The summed E-state index contributed by atoms with van der Waals surface area (Å²) >= 11 is 1.71. The van der Waals surface area contributed by atoms with Crippen LogP contribution in [0.15, 0.2) is 12.4 Å². The minimum Gasteiger partial charge on any atom is -0.354 e. The second kappa shape index (κ2) is 5.12. The summed E-state index contributed by atoms with van der Waals surface area (Å²) in [5.41, 5.74) is 0. The predicted octanol–water partition coefficient (Wildman–Crippen LogP) is 0.522. The van der Waals surface area contributed by atoms with E-state index < -0.39 is 0 Å². The number of nitrogens with zero attached hydrogens (tertiary/aromatic N) is 2. The zero-order valence-electron chi connectivity index (χ0n) is 11.4. The fraction of sp³-hybridized carbons (Fsp3) is 0.615. The highest BCUT2D eigenvalue weighted by Gasteiger charge is 2.52. The van der Waals surface area contributed by atoms with Gasteiger partial charge in [-0.25, -0.2) is 4.98 Å². The molecule has 0 saturated carbocycles. The van der Waals surface area contributed by atoms with E-state index in [0.717, 1.165) is 12.2 Å². The van der Waals surface area contributed by atoms with Crippen LogP contribution in [0.25, 0.3) is 0 Å². The lowest BCUT2D eigenvalue weighted by atomic mass is 10.2. The van der Waals surface area contributed by atoms with E-state index in [1.165, 1.54) is 0 Å². The number of H-pyrrole nitrogens is 1. The number of hydrogen-bond donors (Lipinski definition) is 2. The molecular weight excluding hydrogens is 276 g/mol. The molecule has 2 fully saturated rings. The monoisotopic (exact) mass is 294 g/mol. The van der Waals surface area contributed by atoms with Gasteiger partial charge in [-0.1, -0.05) is 0 Å². The lowest BCUT2D eigenvalue weighted by Gasteiger charge is -2.29. The van der Waals surface area contributed by atoms with E-state index in [1.807, 2.05) is 0 Å². The van der Waals surface area contributed by atoms with Gasteiger partial charge in [0.15, 0.2) is 0 Å². The molecule has 0 spiro atoms. The molecular formula is C13H18N4O2S. The van der Waals surface area contributed by atoms with Crippen molar-refractivity contribution >= 4 is 23.6 Å². The Hall–Kier alpha value is -1.50. The SMILES string of the molecule is CC12CCC(=O)N1C(C(=O)NCCc1ncc[nH]1)CS2. The van der Waals surface area contributed by atoms with Crippen molar-refractivity contribution in [1.82, 2.24) is 20.2 Å². The maximum atomic E-state index is 12.3. The quantitative estimate of drug-likeness (QED) is 0.849. The highest BCUT2D eigenvalue weighted by molar-refractivity contribution is 8.01. The van der Waals surface area contributed by atoms with Gasteiger partial charge in [0, 0.05) is 37.5 Å². The van der Waals surface area contributed by atoms with E-state index in [2.05, 4.69) is 22.2 Å². The van der Waals surface area contributed by atoms with Crippen molar-refractivity contribution in [2.45, 2.75) is 37.1 Å². The molecule has 108 valence electrons. The Bertz CT molecular complexity index is 518. The van der Waals surface area contributed by atoms with Gasteiger partial charge >= 0.3 is 0 Å². The van der Waals surface area contributed by atoms with Crippen LogP contribution >= 0.6 is 11.8 Å². The summed E-state index contributed by atoms with van der Waals surface area (Å²) in [6.45, 7) is 2.59. The van der Waals surface area contributed by atoms with Crippen molar-refractivity contribution < 1.29 is 9.59 Å². The molecule has 2 saturated heterocycles. The van der Waals surface area contributed by atoms with Crippen molar-refractivity contribution in [3.8, 4) is 0 Å². The largest absolute Gasteiger partial charge is 0.354 e. The van der Waals surface area contributed by atoms with Crippen LogP contribution in [0.5, 0.6) is 0 Å². The van der Waals surface area contributed by atoms with Crippen molar-refractivity contribution in [2.75, 3.05) is 12.3 Å². The first-order valence-corrected chi connectivity index (χ1v) is 7.81. The van der Waals surface area contributed by atoms with Crippen LogP contribution in [0.2, 0.25) is 0 Å². The Labute approximate surface area is 121 Å². The predicted molar refractivity (Wildman–Crippen MR) is 76.0 cm³/mol. The smallest absolute Gasteiger partial charge is 0.243 e. The number of rotatable bonds is 4. The Morgan fingerprint density at radius 2 is 2.55 bits per heavy atom. The number of imidazole rings is 1. The number of carbonyl (C=O) groups is 2. The van der Waals surface area contributed by atoms with E-state index >= 15 is 0 Å². The molecule has 2 atom stereocenters. The Morgan fingerprint density at radius 3 is 3.30 bits per heavy atom. The molecule has 2 amide bonds. The number of nitrogens with one attached hydrogen (secondary N) is 2. The third-order valence-corrected chi connectivity index (χ3v) is 5.47. The summed E-state index contributed by atoms with van der Waals surface area (Å²) in [5.74, 6) is 1.59. The van der Waals surface area contributed by atoms with Crippen LogP contribution in [0.3, 0.4) is 0 Å². The van der Waals surface area contributed by atoms with Gasteiger partial charge in [-0.05, 0) is 13.3 Å². The molecule has 20 heavy (non-hydrogen) atoms. The van der Waals surface area contributed by atoms with Crippen LogP contribution in [-0.2, 0) is 16.0 Å². The van der Waals surface area contributed by atoms with E-state index in [4.69, 9.17) is 0 Å². The normalized spacial score (nSPS) is 28.8. The average Bonchev–Trinajstić information content (AvgIpc) is 3.09. The standard InChI is InChI=1S/C13H18N4O2S/c1-13-4-2-11(18)17(13)9(8-20-13)12(19)16-5-3-10-14-6-7-15-10/h6-7,9H,2-5,8H2,1H3,(H,14,15)(H,16,19). The number of carbonyl (C=O) groups excluding carboxylic acids is 2. The molecule has 2 aliphatic rings. The summed E-state index contributed by atoms with van der Waals surface area (Å²) in [6, 6.07) is -0.323. The highest BCUT2D eigenvalue weighted by Crippen LogP contribution is 2.47. The fourth-order valence-electron chi connectivity index (χ4n) is 2.87. The summed E-state index contributed by atoms with van der Waals surface area (Å²) in [7, 11) is 0. The van der Waals surface area contributed by atoms with E-state index in [0.29, 0.717) is 25.1 Å². The molecule has 0 radical (unpaired) electrons. The number of aromatic nitrogens is 2. The molecule has 6 nitrogen and oxygen atoms in total. The number of aromatic amines is 1. The van der Waals surface area contributed by atoms with Gasteiger partial charge in [-0.15, -0.1) is 11.8 Å². The van der Waals surface area contributed by atoms with E-state index in [1.54, 1.807) is 29.1 Å². The minimum absolute atomic E-state index is 0.0527. The summed E-state index contributed by atoms with van der Waals surface area (Å²) in [4.78, 5) is 32.9. The number of thioether (sulfide) groups is 1. The summed E-state index contributed by atoms with van der Waals surface area (Å²) in [6.07, 6.45) is 5.52. The molecule has 7 heteroatoms. The molecule has 0 aromatic carbocycles. The van der Waals surface area contributed by atoms with Crippen molar-refractivity contribution in [1.29, 1.82) is 0 Å². The molecule has 3 heterocycles. The zero-order chi connectivity index (χ0) is 14.2. The first-order valence-electron chi connectivity index (χ1n) is 6.82. The van der Waals surface area contributed by atoms with Crippen LogP contribution in [0.1, 0.15) is 25.6 Å². The molecule has 0 aliphatic carbocycles. The second-order valence-electron chi connectivity index (χ2n) is 5.34. The fourth-order valence-corrected chi connectivity index (χ4v) is 4.30. The van der Waals surface area contributed by atoms with Crippen molar-refractivity contribution in [3.63, 3.8) is 0 Å². The topological polar surface area (TPSA) is 78.1 Å². The third kappa shape index (κ3) is 2.30. The maximum absolute atomic E-state index is 12.3. The van der Waals surface area contributed by atoms with Gasteiger partial charge in [-0.3, -0.25) is 9.59 Å². The summed E-state index contributed by atoms with van der Waals surface area (Å²) in [5, 5.41) is 2.91. The van der Waals surface area contributed by atoms with E-state index in [-0.39, 0.29) is 22.7 Å². The Morgan fingerprint density at radius 1 is 1.70 bits per heavy atom. The lowest BCUT2D eigenvalue weighted by molar-refractivity contribution is -0.137. The van der Waals surface area contributed by atoms with Crippen LogP contribution in [0.4, 0.5) is 0 Å². The number of hydrogen-bond acceptors (Lipinski definition) is 4. The van der Waals surface area contributed by atoms with Crippen LogP contribution in [-0.4, -0.2) is 49.9 Å². The highest BCUT2D eigenvalue weighted by atomic mass is 32.2. The van der Waals surface area contributed by atoms with Gasteiger partial charge in [0.1, 0.15) is 11.9 Å². The van der Waals surface area contributed by atoms with Gasteiger partial charge in [0.25, 0.3) is 0 Å². The molecule has 1 aromatic rings. The average molecular weight is 294 g/mol. The minimum atomic E-state index is -0.323. The first-order chi connectivity index (χ1) is 9.60. The van der Waals surface area contributed by atoms with Crippen molar-refractivity contribution in [3.05, 3.63) is 18.2 Å². The number of amides is 2. The molecule has 2 aliphatic heterocycles. The lowest BCUT2D eigenvalue weighted by Crippen LogP contribution is -2.50. The molecule has 0 bridgehead atoms. The Kier molecular flexibility index (Phi) is 3.45. The van der Waals surface area contributed by atoms with Crippen LogP contribution < -0.4 is 5.32 Å². The molecule has 3 rings (SSSR count). The van der Waals surface area contributed by atoms with Gasteiger partial charge in [0.05, 0.1) is 4.87 Å². The second-order valence-corrected chi connectivity index (χ2v) is 6.84.